The number of nitrogens with zero attached hydrogens (tertiary/aromatic N) is 2. The summed E-state index contributed by atoms with van der Waals surface area (Å²) in [6.07, 6.45) is 0.0514. The third-order valence-electron chi connectivity index (χ3n) is 5.38. The Hall–Kier alpha value is -2.48. The largest absolute Gasteiger partial charge is 0.388 e. The molecule has 2 aromatic rings. The van der Waals surface area contributed by atoms with Crippen LogP contribution in [0.15, 0.2) is 59.6 Å². The molecule has 0 radical (unpaired) electrons. The van der Waals surface area contributed by atoms with Crippen molar-refractivity contribution in [1.29, 1.82) is 0 Å². The van der Waals surface area contributed by atoms with Crippen LogP contribution in [-0.2, 0) is 4.74 Å². The average molecular weight is 429 g/mol. The predicted molar refractivity (Wildman–Crippen MR) is 122 cm³/mol. The molecule has 1 saturated heterocycles. The van der Waals surface area contributed by atoms with E-state index in [1.807, 2.05) is 43.3 Å². The molecule has 1 heterocycles. The van der Waals surface area contributed by atoms with E-state index in [-0.39, 0.29) is 11.9 Å². The number of nitrogens with one attached hydrogen (secondary N) is 2. The van der Waals surface area contributed by atoms with E-state index in [1.165, 1.54) is 6.07 Å². The minimum atomic E-state index is -0.523. The van der Waals surface area contributed by atoms with Gasteiger partial charge in [-0.1, -0.05) is 42.5 Å². The van der Waals surface area contributed by atoms with E-state index < -0.39 is 6.10 Å². The van der Waals surface area contributed by atoms with Crippen LogP contribution in [0.25, 0.3) is 0 Å². The van der Waals surface area contributed by atoms with E-state index in [2.05, 4.69) is 15.5 Å². The molecule has 2 atom stereocenters. The maximum Gasteiger partial charge on any atom is 0.191 e. The highest BCUT2D eigenvalue weighted by molar-refractivity contribution is 5.79. The molecule has 3 rings (SSSR count). The Balaban J connectivity index is 1.63. The van der Waals surface area contributed by atoms with E-state index in [9.17, 15) is 9.50 Å². The van der Waals surface area contributed by atoms with Gasteiger partial charge < -0.3 is 20.5 Å². The van der Waals surface area contributed by atoms with Gasteiger partial charge in [-0.2, -0.15) is 0 Å². The molecule has 0 saturated carbocycles. The van der Waals surface area contributed by atoms with E-state index in [0.717, 1.165) is 30.8 Å². The number of guanidine groups is 1. The highest BCUT2D eigenvalue weighted by Crippen LogP contribution is 2.23. The van der Waals surface area contributed by atoms with Gasteiger partial charge in [-0.05, 0) is 36.6 Å². The smallest absolute Gasteiger partial charge is 0.191 e. The number of halogens is 1. The highest BCUT2D eigenvalue weighted by Gasteiger charge is 2.23. The number of aliphatic hydroxyl groups is 1. The summed E-state index contributed by atoms with van der Waals surface area (Å²) in [5, 5.41) is 16.9. The molecule has 0 aromatic heterocycles. The van der Waals surface area contributed by atoms with Gasteiger partial charge in [0.05, 0.1) is 31.9 Å². The zero-order valence-corrected chi connectivity index (χ0v) is 18.1. The number of ether oxygens (including phenoxy) is 1. The average Bonchev–Trinajstić information content (AvgIpc) is 2.80. The van der Waals surface area contributed by atoms with Gasteiger partial charge in [-0.3, -0.25) is 9.89 Å². The minimum absolute atomic E-state index is 0.0232. The number of benzene rings is 2. The fourth-order valence-corrected chi connectivity index (χ4v) is 3.72. The molecule has 31 heavy (non-hydrogen) atoms. The normalized spacial score (nSPS) is 17.2. The fourth-order valence-electron chi connectivity index (χ4n) is 3.72. The molecule has 0 aliphatic carbocycles. The Morgan fingerprint density at radius 2 is 1.84 bits per heavy atom. The Labute approximate surface area is 184 Å². The van der Waals surface area contributed by atoms with Crippen LogP contribution in [0.4, 0.5) is 4.39 Å². The van der Waals surface area contributed by atoms with Gasteiger partial charge in [0, 0.05) is 26.2 Å². The minimum Gasteiger partial charge on any atom is -0.388 e. The van der Waals surface area contributed by atoms with E-state index in [4.69, 9.17) is 9.73 Å². The molecular weight excluding hydrogens is 395 g/mol. The molecule has 0 amide bonds. The molecule has 7 heteroatoms. The third kappa shape index (κ3) is 7.31. The van der Waals surface area contributed by atoms with Gasteiger partial charge in [0.1, 0.15) is 5.82 Å². The monoisotopic (exact) mass is 428 g/mol. The van der Waals surface area contributed by atoms with E-state index in [1.54, 1.807) is 12.1 Å². The first-order valence-electron chi connectivity index (χ1n) is 11.0. The van der Waals surface area contributed by atoms with Gasteiger partial charge in [-0.15, -0.1) is 0 Å². The first kappa shape index (κ1) is 23.2. The first-order chi connectivity index (χ1) is 15.2. The molecule has 2 aromatic carbocycles. The standard InChI is InChI=1S/C24H33FN4O2/c1-2-26-24(27-12-11-23(30)19-7-4-3-5-8-19)28-18-22(29-13-15-31-16-14-29)20-9-6-10-21(25)17-20/h3-10,17,22-23,30H,2,11-16,18H2,1H3,(H2,26,27,28). The summed E-state index contributed by atoms with van der Waals surface area (Å²) in [6.45, 7) is 6.77. The SMILES string of the molecule is CCNC(=NCC(c1cccc(F)c1)N1CCOCC1)NCCC(O)c1ccccc1. The van der Waals surface area contributed by atoms with Crippen LogP contribution < -0.4 is 10.6 Å². The molecular formula is C24H33FN4O2. The zero-order chi connectivity index (χ0) is 21.9. The summed E-state index contributed by atoms with van der Waals surface area (Å²) in [5.74, 6) is 0.456. The topological polar surface area (TPSA) is 69.1 Å². The number of hydrogen-bond acceptors (Lipinski definition) is 4. The molecule has 1 aliphatic heterocycles. The molecule has 0 bridgehead atoms. The summed E-state index contributed by atoms with van der Waals surface area (Å²) in [7, 11) is 0. The summed E-state index contributed by atoms with van der Waals surface area (Å²) < 4.78 is 19.4. The number of rotatable bonds is 9. The predicted octanol–water partition coefficient (Wildman–Crippen LogP) is 2.88. The maximum atomic E-state index is 13.9. The van der Waals surface area contributed by atoms with Gasteiger partial charge >= 0.3 is 0 Å². The fraction of sp³-hybridized carbons (Fsp3) is 0.458. The molecule has 3 N–H and O–H groups in total. The van der Waals surface area contributed by atoms with Gasteiger partial charge in [0.25, 0.3) is 0 Å². The third-order valence-corrected chi connectivity index (χ3v) is 5.38. The van der Waals surface area contributed by atoms with Crippen LogP contribution in [0.1, 0.15) is 36.6 Å². The summed E-state index contributed by atoms with van der Waals surface area (Å²) in [6, 6.07) is 16.4. The van der Waals surface area contributed by atoms with Crippen molar-refractivity contribution in [3.05, 3.63) is 71.5 Å². The van der Waals surface area contributed by atoms with Crippen molar-refractivity contribution in [2.45, 2.75) is 25.5 Å². The zero-order valence-electron chi connectivity index (χ0n) is 18.1. The van der Waals surface area contributed by atoms with Crippen LogP contribution in [0.5, 0.6) is 0 Å². The summed E-state index contributed by atoms with van der Waals surface area (Å²) >= 11 is 0. The second-order valence-electron chi connectivity index (χ2n) is 7.58. The molecule has 6 nitrogen and oxygen atoms in total. The lowest BCUT2D eigenvalue weighted by molar-refractivity contribution is 0.0179. The number of hydrogen-bond donors (Lipinski definition) is 3. The van der Waals surface area contributed by atoms with Gasteiger partial charge in [0.15, 0.2) is 5.96 Å². The Morgan fingerprint density at radius 3 is 2.55 bits per heavy atom. The van der Waals surface area contributed by atoms with Crippen molar-refractivity contribution in [1.82, 2.24) is 15.5 Å². The van der Waals surface area contributed by atoms with Gasteiger partial charge in [-0.25, -0.2) is 4.39 Å². The molecule has 1 aliphatic rings. The van der Waals surface area contributed by atoms with Crippen molar-refractivity contribution < 1.29 is 14.2 Å². The molecule has 1 fully saturated rings. The lowest BCUT2D eigenvalue weighted by Gasteiger charge is -2.34. The van der Waals surface area contributed by atoms with Gasteiger partial charge in [0.2, 0.25) is 0 Å². The van der Waals surface area contributed by atoms with Crippen molar-refractivity contribution in [2.75, 3.05) is 45.9 Å². The van der Waals surface area contributed by atoms with Crippen LogP contribution in [-0.4, -0.2) is 61.9 Å². The van der Waals surface area contributed by atoms with Crippen LogP contribution in [0.2, 0.25) is 0 Å². The Bertz CT molecular complexity index is 812. The summed E-state index contributed by atoms with van der Waals surface area (Å²) in [4.78, 5) is 7.07. The molecule has 168 valence electrons. The molecule has 2 unspecified atom stereocenters. The van der Waals surface area contributed by atoms with Crippen LogP contribution in [0.3, 0.4) is 0 Å². The van der Waals surface area contributed by atoms with Crippen molar-refractivity contribution in [2.24, 2.45) is 4.99 Å². The number of aliphatic imine (C=N–C) groups is 1. The van der Waals surface area contributed by atoms with Crippen molar-refractivity contribution in [3.8, 4) is 0 Å². The first-order valence-corrected chi connectivity index (χ1v) is 11.0. The highest BCUT2D eigenvalue weighted by atomic mass is 19.1. The second-order valence-corrected chi connectivity index (χ2v) is 7.58. The quantitative estimate of drug-likeness (QED) is 0.423. The van der Waals surface area contributed by atoms with Crippen LogP contribution in [0, 0.1) is 5.82 Å². The number of morpholine rings is 1. The molecule has 0 spiro atoms. The lowest BCUT2D eigenvalue weighted by atomic mass is 10.0. The Morgan fingerprint density at radius 1 is 1.10 bits per heavy atom. The number of aliphatic hydroxyl groups excluding tert-OH is 1. The van der Waals surface area contributed by atoms with E-state index in [0.29, 0.717) is 38.7 Å². The Kier molecular flexibility index (Phi) is 9.27. The lowest BCUT2D eigenvalue weighted by Crippen LogP contribution is -2.42. The van der Waals surface area contributed by atoms with Crippen molar-refractivity contribution >= 4 is 5.96 Å². The van der Waals surface area contributed by atoms with E-state index >= 15 is 0 Å². The van der Waals surface area contributed by atoms with Crippen LogP contribution >= 0.6 is 0 Å². The maximum absolute atomic E-state index is 13.9. The second kappa shape index (κ2) is 12.4. The summed E-state index contributed by atoms with van der Waals surface area (Å²) in [5.41, 5.74) is 1.82. The van der Waals surface area contributed by atoms with Crippen molar-refractivity contribution in [3.63, 3.8) is 0 Å².